The molecule has 2 aromatic rings. The predicted octanol–water partition coefficient (Wildman–Crippen LogP) is 6.00. The second-order valence-corrected chi connectivity index (χ2v) is 10.2. The molecule has 0 unspecified atom stereocenters. The maximum absolute atomic E-state index is 10.7. The lowest BCUT2D eigenvalue weighted by molar-refractivity contribution is 0.480. The highest BCUT2D eigenvalue weighted by molar-refractivity contribution is 7.85. The lowest BCUT2D eigenvalue weighted by atomic mass is 10.0. The average molecular weight is 510 g/mol. The summed E-state index contributed by atoms with van der Waals surface area (Å²) < 4.78 is 30.1. The van der Waals surface area contributed by atoms with Crippen LogP contribution in [0.2, 0.25) is 0 Å². The van der Waals surface area contributed by atoms with Gasteiger partial charge in [-0.3, -0.25) is 9.55 Å². The van der Waals surface area contributed by atoms with Crippen molar-refractivity contribution in [3.63, 3.8) is 0 Å². The third-order valence-corrected chi connectivity index (χ3v) is 6.57. The molecule has 0 saturated heterocycles. The van der Waals surface area contributed by atoms with Gasteiger partial charge in [0.1, 0.15) is 0 Å². The van der Waals surface area contributed by atoms with E-state index in [0.29, 0.717) is 25.9 Å². The molecule has 3 N–H and O–H groups in total. The van der Waals surface area contributed by atoms with E-state index >= 15 is 0 Å². The zero-order valence-electron chi connectivity index (χ0n) is 21.6. The minimum atomic E-state index is -3.88. The van der Waals surface area contributed by atoms with Gasteiger partial charge in [0.2, 0.25) is 0 Å². The van der Waals surface area contributed by atoms with Crippen LogP contribution in [0.5, 0.6) is 0 Å². The Hall–Kier alpha value is -3.00. The third kappa shape index (κ3) is 10.3. The second kappa shape index (κ2) is 15.2. The Balaban J connectivity index is 1.97. The van der Waals surface area contributed by atoms with Gasteiger partial charge in [-0.25, -0.2) is 0 Å². The van der Waals surface area contributed by atoms with Gasteiger partial charge >= 0.3 is 0 Å². The minimum absolute atomic E-state index is 0.215. The molecule has 0 radical (unpaired) electrons. The molecule has 0 fully saturated rings. The van der Waals surface area contributed by atoms with Crippen molar-refractivity contribution in [2.45, 2.75) is 40.0 Å². The fourth-order valence-corrected chi connectivity index (χ4v) is 4.39. The summed E-state index contributed by atoms with van der Waals surface area (Å²) in [6.07, 6.45) is 15.8. The molecule has 0 bridgehead atoms. The van der Waals surface area contributed by atoms with Gasteiger partial charge in [-0.05, 0) is 81.1 Å². The van der Waals surface area contributed by atoms with Gasteiger partial charge in [0, 0.05) is 30.2 Å². The number of rotatable bonds is 14. The Bertz CT molecular complexity index is 1240. The van der Waals surface area contributed by atoms with Gasteiger partial charge in [0.05, 0.1) is 5.75 Å². The molecule has 0 aliphatic rings. The fraction of sp³-hybridized carbons (Fsp3) is 0.345. The van der Waals surface area contributed by atoms with Crippen molar-refractivity contribution in [1.82, 2.24) is 0 Å². The maximum Gasteiger partial charge on any atom is 0.264 e. The Morgan fingerprint density at radius 1 is 1.00 bits per heavy atom. The summed E-state index contributed by atoms with van der Waals surface area (Å²) in [6, 6.07) is 12.8. The molecule has 0 heterocycles. The van der Waals surface area contributed by atoms with Crippen LogP contribution in [-0.4, -0.2) is 44.1 Å². The van der Waals surface area contributed by atoms with Crippen molar-refractivity contribution in [1.29, 1.82) is 0 Å². The van der Waals surface area contributed by atoms with Crippen LogP contribution in [0.1, 0.15) is 38.7 Å². The van der Waals surface area contributed by atoms with Gasteiger partial charge in [-0.15, -0.1) is 0 Å². The van der Waals surface area contributed by atoms with Crippen molar-refractivity contribution in [3.8, 4) is 0 Å². The molecule has 0 saturated carbocycles. The molecular formula is C29H39N3O3S. The number of allylic oxidation sites excluding steroid dienone is 8. The van der Waals surface area contributed by atoms with Crippen LogP contribution in [0.25, 0.3) is 10.8 Å². The zero-order valence-corrected chi connectivity index (χ0v) is 22.4. The lowest BCUT2D eigenvalue weighted by Crippen LogP contribution is -2.25. The standard InChI is InChI=1S/C29H39N3O3S/c1-24(31-21-11-12-23-36(33,34)35)14-7-5-4-6-8-15-25(2)32(22-13-20-30)29-19-18-27-16-9-10-17-28(27)26(29)3/h4-10,14-19H,11-13,20-23,30H2,1-3H3,(H,33,34,35)/b5-4+,8-6+,14-7+,25-15+,31-24-. The summed E-state index contributed by atoms with van der Waals surface area (Å²) in [6.45, 7) is 8.25. The third-order valence-electron chi connectivity index (χ3n) is 5.76. The number of aryl methyl sites for hydroxylation is 1. The number of hydrogen-bond donors (Lipinski definition) is 2. The largest absolute Gasteiger partial charge is 0.345 e. The molecule has 0 spiro atoms. The Morgan fingerprint density at radius 2 is 1.72 bits per heavy atom. The van der Waals surface area contributed by atoms with Crippen LogP contribution in [-0.2, 0) is 10.1 Å². The predicted molar refractivity (Wildman–Crippen MR) is 155 cm³/mol. The summed E-state index contributed by atoms with van der Waals surface area (Å²) in [5, 5.41) is 2.51. The van der Waals surface area contributed by atoms with E-state index in [2.05, 4.69) is 66.2 Å². The monoisotopic (exact) mass is 509 g/mol. The number of benzene rings is 2. The number of hydrogen-bond acceptors (Lipinski definition) is 5. The van der Waals surface area contributed by atoms with Crippen molar-refractivity contribution >= 4 is 32.3 Å². The molecule has 7 heteroatoms. The first-order chi connectivity index (χ1) is 17.2. The maximum atomic E-state index is 10.7. The number of aliphatic imine (C=N–C) groups is 1. The van der Waals surface area contributed by atoms with E-state index in [0.717, 1.165) is 24.4 Å². The van der Waals surface area contributed by atoms with Gasteiger partial charge in [-0.1, -0.05) is 60.7 Å². The zero-order chi connectivity index (χ0) is 26.4. The van der Waals surface area contributed by atoms with E-state index in [1.165, 1.54) is 22.0 Å². The first kappa shape index (κ1) is 29.2. The average Bonchev–Trinajstić information content (AvgIpc) is 2.84. The van der Waals surface area contributed by atoms with E-state index in [1.807, 2.05) is 43.4 Å². The molecule has 0 aromatic heterocycles. The molecule has 36 heavy (non-hydrogen) atoms. The van der Waals surface area contributed by atoms with Crippen molar-refractivity contribution in [3.05, 3.63) is 90.2 Å². The van der Waals surface area contributed by atoms with Gasteiger partial charge in [0.15, 0.2) is 0 Å². The summed E-state index contributed by atoms with van der Waals surface area (Å²) in [4.78, 5) is 6.71. The number of fused-ring (bicyclic) bond motifs is 1. The smallest absolute Gasteiger partial charge is 0.264 e. The molecule has 0 aliphatic heterocycles. The van der Waals surface area contributed by atoms with Crippen LogP contribution in [0.15, 0.2) is 89.6 Å². The fourth-order valence-electron chi connectivity index (χ4n) is 3.82. The van der Waals surface area contributed by atoms with E-state index in [4.69, 9.17) is 10.3 Å². The van der Waals surface area contributed by atoms with E-state index in [1.54, 1.807) is 0 Å². The quantitative estimate of drug-likeness (QED) is 0.141. The molecular weight excluding hydrogens is 470 g/mol. The summed E-state index contributed by atoms with van der Waals surface area (Å²) in [5.74, 6) is -0.215. The molecule has 6 nitrogen and oxygen atoms in total. The Labute approximate surface area is 216 Å². The highest BCUT2D eigenvalue weighted by atomic mass is 32.2. The van der Waals surface area contributed by atoms with Gasteiger partial charge in [-0.2, -0.15) is 8.42 Å². The number of nitrogens with two attached hydrogens (primary N) is 1. The molecule has 0 aliphatic carbocycles. The van der Waals surface area contributed by atoms with E-state index in [9.17, 15) is 8.42 Å². The molecule has 0 atom stereocenters. The van der Waals surface area contributed by atoms with Crippen LogP contribution in [0.3, 0.4) is 0 Å². The highest BCUT2D eigenvalue weighted by Crippen LogP contribution is 2.30. The minimum Gasteiger partial charge on any atom is -0.345 e. The lowest BCUT2D eigenvalue weighted by Gasteiger charge is -2.28. The number of anilines is 1. The first-order valence-corrected chi connectivity index (χ1v) is 13.9. The van der Waals surface area contributed by atoms with Gasteiger partial charge in [0.25, 0.3) is 10.1 Å². The van der Waals surface area contributed by atoms with Crippen LogP contribution < -0.4 is 10.6 Å². The second-order valence-electron chi connectivity index (χ2n) is 8.68. The number of nitrogens with zero attached hydrogens (tertiary/aromatic N) is 2. The first-order valence-electron chi connectivity index (χ1n) is 12.3. The Morgan fingerprint density at radius 3 is 2.47 bits per heavy atom. The van der Waals surface area contributed by atoms with Crippen LogP contribution >= 0.6 is 0 Å². The summed E-state index contributed by atoms with van der Waals surface area (Å²) in [5.41, 5.74) is 10.3. The van der Waals surface area contributed by atoms with E-state index < -0.39 is 10.1 Å². The number of unbranched alkanes of at least 4 members (excludes halogenated alkanes) is 1. The van der Waals surface area contributed by atoms with Crippen LogP contribution in [0, 0.1) is 6.92 Å². The summed E-state index contributed by atoms with van der Waals surface area (Å²) >= 11 is 0. The molecule has 194 valence electrons. The topological polar surface area (TPSA) is 96.0 Å². The Kier molecular flexibility index (Phi) is 12.3. The normalized spacial score (nSPS) is 13.6. The van der Waals surface area contributed by atoms with E-state index in [-0.39, 0.29) is 5.75 Å². The van der Waals surface area contributed by atoms with Crippen molar-refractivity contribution < 1.29 is 13.0 Å². The van der Waals surface area contributed by atoms with Crippen molar-refractivity contribution in [2.75, 3.05) is 30.3 Å². The SMILES string of the molecule is CC(/C=C/C=C/C=C/C=C(\C)N(CCCN)c1ccc2ccccc2c1C)=N/CCCCS(=O)(=O)O. The molecule has 2 rings (SSSR count). The highest BCUT2D eigenvalue weighted by Gasteiger charge is 2.12. The summed E-state index contributed by atoms with van der Waals surface area (Å²) in [7, 11) is -3.88. The van der Waals surface area contributed by atoms with Crippen LogP contribution in [0.4, 0.5) is 5.69 Å². The molecule has 2 aromatic carbocycles. The van der Waals surface area contributed by atoms with Gasteiger partial charge < -0.3 is 10.6 Å². The van der Waals surface area contributed by atoms with Crippen molar-refractivity contribution in [2.24, 2.45) is 10.7 Å². The molecule has 0 amide bonds.